The summed E-state index contributed by atoms with van der Waals surface area (Å²) in [7, 11) is 0. The minimum atomic E-state index is -0.841. The number of thioether (sulfide) groups is 1. The van der Waals surface area contributed by atoms with Gasteiger partial charge in [0.15, 0.2) is 0 Å². The number of hydrogen-bond donors (Lipinski definition) is 2. The van der Waals surface area contributed by atoms with E-state index in [0.717, 1.165) is 18.8 Å². The fraction of sp³-hybridized carbons (Fsp3) is 0.462. The van der Waals surface area contributed by atoms with Crippen LogP contribution in [0.4, 0.5) is 11.4 Å². The molecule has 1 aliphatic heterocycles. The van der Waals surface area contributed by atoms with E-state index in [9.17, 15) is 4.79 Å². The van der Waals surface area contributed by atoms with Crippen molar-refractivity contribution in [3.8, 4) is 0 Å². The molecule has 1 aliphatic rings. The second kappa shape index (κ2) is 6.00. The lowest BCUT2D eigenvalue weighted by Crippen LogP contribution is -2.32. The number of aliphatic carboxylic acids is 1. The summed E-state index contributed by atoms with van der Waals surface area (Å²) in [6, 6.07) is 7.41. The van der Waals surface area contributed by atoms with Gasteiger partial charge in [-0.25, -0.2) is 0 Å². The highest BCUT2D eigenvalue weighted by molar-refractivity contribution is 7.99. The SMILES string of the molecule is CC(Nc1ccc(N2CCSCC2)cc1)C(=O)O. The summed E-state index contributed by atoms with van der Waals surface area (Å²) in [6.07, 6.45) is 0. The first-order valence-corrected chi connectivity index (χ1v) is 7.24. The zero-order chi connectivity index (χ0) is 13.0. The van der Waals surface area contributed by atoms with Gasteiger partial charge in [-0.2, -0.15) is 11.8 Å². The third kappa shape index (κ3) is 3.32. The number of nitrogens with one attached hydrogen (secondary N) is 1. The third-order valence-corrected chi connectivity index (χ3v) is 3.94. The van der Waals surface area contributed by atoms with Crippen molar-refractivity contribution in [2.45, 2.75) is 13.0 Å². The maximum atomic E-state index is 10.7. The largest absolute Gasteiger partial charge is 0.480 e. The van der Waals surface area contributed by atoms with Gasteiger partial charge in [-0.1, -0.05) is 0 Å². The van der Waals surface area contributed by atoms with Crippen LogP contribution in [0, 0.1) is 0 Å². The van der Waals surface area contributed by atoms with Crippen molar-refractivity contribution >= 4 is 29.1 Å². The molecule has 4 nitrogen and oxygen atoms in total. The molecule has 18 heavy (non-hydrogen) atoms. The van der Waals surface area contributed by atoms with E-state index in [-0.39, 0.29) is 0 Å². The van der Waals surface area contributed by atoms with E-state index in [4.69, 9.17) is 5.11 Å². The maximum absolute atomic E-state index is 10.7. The molecule has 1 saturated heterocycles. The van der Waals surface area contributed by atoms with E-state index in [0.29, 0.717) is 0 Å². The summed E-state index contributed by atoms with van der Waals surface area (Å²) in [6.45, 7) is 3.81. The van der Waals surface area contributed by atoms with Crippen molar-refractivity contribution in [2.24, 2.45) is 0 Å². The van der Waals surface area contributed by atoms with Gasteiger partial charge in [0.2, 0.25) is 0 Å². The first kappa shape index (κ1) is 13.1. The zero-order valence-electron chi connectivity index (χ0n) is 10.4. The van der Waals surface area contributed by atoms with E-state index < -0.39 is 12.0 Å². The molecule has 0 aliphatic carbocycles. The Hall–Kier alpha value is -1.36. The summed E-state index contributed by atoms with van der Waals surface area (Å²) in [5.41, 5.74) is 2.06. The monoisotopic (exact) mass is 266 g/mol. The zero-order valence-corrected chi connectivity index (χ0v) is 11.2. The van der Waals surface area contributed by atoms with Gasteiger partial charge < -0.3 is 15.3 Å². The Morgan fingerprint density at radius 3 is 2.50 bits per heavy atom. The molecule has 2 N–H and O–H groups in total. The quantitative estimate of drug-likeness (QED) is 0.874. The van der Waals surface area contributed by atoms with Crippen molar-refractivity contribution < 1.29 is 9.90 Å². The first-order chi connectivity index (χ1) is 8.66. The molecule has 0 bridgehead atoms. The van der Waals surface area contributed by atoms with E-state index >= 15 is 0 Å². The van der Waals surface area contributed by atoms with Crippen molar-refractivity contribution in [1.29, 1.82) is 0 Å². The van der Waals surface area contributed by atoms with Crippen molar-refractivity contribution in [3.63, 3.8) is 0 Å². The molecule has 1 aromatic rings. The van der Waals surface area contributed by atoms with Crippen LogP contribution >= 0.6 is 11.8 Å². The van der Waals surface area contributed by atoms with Gasteiger partial charge in [0, 0.05) is 36.0 Å². The van der Waals surface area contributed by atoms with E-state index in [1.54, 1.807) is 6.92 Å². The number of carboxylic acid groups (broad SMARTS) is 1. The van der Waals surface area contributed by atoms with Crippen LogP contribution < -0.4 is 10.2 Å². The summed E-state index contributed by atoms with van der Waals surface area (Å²) in [4.78, 5) is 13.1. The van der Waals surface area contributed by atoms with Crippen molar-refractivity contribution in [1.82, 2.24) is 0 Å². The Morgan fingerprint density at radius 2 is 1.94 bits per heavy atom. The molecule has 0 radical (unpaired) electrons. The van der Waals surface area contributed by atoms with Gasteiger partial charge in [-0.3, -0.25) is 4.79 Å². The maximum Gasteiger partial charge on any atom is 0.325 e. The molecule has 0 aromatic heterocycles. The fourth-order valence-corrected chi connectivity index (χ4v) is 2.80. The Balaban J connectivity index is 1.98. The topological polar surface area (TPSA) is 52.6 Å². The van der Waals surface area contributed by atoms with Gasteiger partial charge in [0.25, 0.3) is 0 Å². The van der Waals surface area contributed by atoms with Crippen LogP contribution in [0.3, 0.4) is 0 Å². The third-order valence-electron chi connectivity index (χ3n) is 3.00. The molecule has 5 heteroatoms. The number of carbonyl (C=O) groups is 1. The van der Waals surface area contributed by atoms with Gasteiger partial charge >= 0.3 is 5.97 Å². The number of hydrogen-bond acceptors (Lipinski definition) is 4. The lowest BCUT2D eigenvalue weighted by Gasteiger charge is -2.28. The van der Waals surface area contributed by atoms with E-state index in [2.05, 4.69) is 10.2 Å². The van der Waals surface area contributed by atoms with Gasteiger partial charge in [-0.05, 0) is 31.2 Å². The minimum Gasteiger partial charge on any atom is -0.480 e. The Bertz CT molecular complexity index is 402. The predicted octanol–water partition coefficient (Wildman–Crippen LogP) is 2.12. The Kier molecular flexibility index (Phi) is 4.36. The summed E-state index contributed by atoms with van der Waals surface area (Å²) in [5, 5.41) is 11.8. The highest BCUT2D eigenvalue weighted by Crippen LogP contribution is 2.21. The number of carboxylic acids is 1. The molecule has 1 heterocycles. The van der Waals surface area contributed by atoms with Crippen LogP contribution in [0.5, 0.6) is 0 Å². The van der Waals surface area contributed by atoms with Crippen LogP contribution in [0.15, 0.2) is 24.3 Å². The van der Waals surface area contributed by atoms with Gasteiger partial charge in [-0.15, -0.1) is 0 Å². The lowest BCUT2D eigenvalue weighted by molar-refractivity contribution is -0.137. The molecule has 1 fully saturated rings. The standard InChI is InChI=1S/C13H18N2O2S/c1-10(13(16)17)14-11-2-4-12(5-3-11)15-6-8-18-9-7-15/h2-5,10,14H,6-9H2,1H3,(H,16,17). The molecule has 1 unspecified atom stereocenters. The summed E-state index contributed by atoms with van der Waals surface area (Å²) < 4.78 is 0. The Morgan fingerprint density at radius 1 is 1.33 bits per heavy atom. The normalized spacial score (nSPS) is 17.3. The van der Waals surface area contributed by atoms with Crippen LogP contribution in [0.2, 0.25) is 0 Å². The predicted molar refractivity (Wildman–Crippen MR) is 76.7 cm³/mol. The van der Waals surface area contributed by atoms with E-state index in [1.807, 2.05) is 36.0 Å². The molecule has 0 spiro atoms. The molecule has 98 valence electrons. The molecule has 0 amide bonds. The molecular weight excluding hydrogens is 248 g/mol. The first-order valence-electron chi connectivity index (χ1n) is 6.09. The van der Waals surface area contributed by atoms with Crippen molar-refractivity contribution in [3.05, 3.63) is 24.3 Å². The molecule has 1 atom stereocenters. The molecule has 2 rings (SSSR count). The average Bonchev–Trinajstić information content (AvgIpc) is 2.40. The average molecular weight is 266 g/mol. The van der Waals surface area contributed by atoms with Crippen molar-refractivity contribution in [2.75, 3.05) is 34.8 Å². The van der Waals surface area contributed by atoms with Crippen LogP contribution in [0.25, 0.3) is 0 Å². The van der Waals surface area contributed by atoms with Gasteiger partial charge in [0.05, 0.1) is 0 Å². The number of rotatable bonds is 4. The van der Waals surface area contributed by atoms with Crippen LogP contribution in [0.1, 0.15) is 6.92 Å². The second-order valence-corrected chi connectivity index (χ2v) is 5.58. The molecule has 0 saturated carbocycles. The van der Waals surface area contributed by atoms with Crippen LogP contribution in [-0.2, 0) is 4.79 Å². The van der Waals surface area contributed by atoms with Gasteiger partial charge in [0.1, 0.15) is 6.04 Å². The Labute approximate surface area is 111 Å². The number of nitrogens with zero attached hydrogens (tertiary/aromatic N) is 1. The fourth-order valence-electron chi connectivity index (χ4n) is 1.90. The molecular formula is C13H18N2O2S. The number of benzene rings is 1. The highest BCUT2D eigenvalue weighted by Gasteiger charge is 2.12. The summed E-state index contributed by atoms with van der Waals surface area (Å²) >= 11 is 1.99. The van der Waals surface area contributed by atoms with Crippen LogP contribution in [-0.4, -0.2) is 41.7 Å². The smallest absolute Gasteiger partial charge is 0.325 e. The molecule has 1 aromatic carbocycles. The summed E-state index contributed by atoms with van der Waals surface area (Å²) in [5.74, 6) is 1.51. The minimum absolute atomic E-state index is 0.567. The second-order valence-electron chi connectivity index (χ2n) is 4.35. The lowest BCUT2D eigenvalue weighted by atomic mass is 10.2. The highest BCUT2D eigenvalue weighted by atomic mass is 32.2. The number of anilines is 2. The van der Waals surface area contributed by atoms with E-state index in [1.165, 1.54) is 17.2 Å².